The van der Waals surface area contributed by atoms with E-state index in [0.717, 1.165) is 5.56 Å². The molecule has 0 radical (unpaired) electrons. The summed E-state index contributed by atoms with van der Waals surface area (Å²) in [6.45, 7) is 5.99. The molecule has 4 rings (SSSR count). The van der Waals surface area contributed by atoms with E-state index in [2.05, 4.69) is 32.1 Å². The van der Waals surface area contributed by atoms with E-state index < -0.39 is 11.7 Å². The fourth-order valence-electron chi connectivity index (χ4n) is 3.63. The number of phenols is 1. The molecule has 0 saturated carbocycles. The summed E-state index contributed by atoms with van der Waals surface area (Å²) in [5.74, 6) is 6.67. The van der Waals surface area contributed by atoms with Gasteiger partial charge in [-0.2, -0.15) is 0 Å². The van der Waals surface area contributed by atoms with Crippen LogP contribution in [0.1, 0.15) is 44.6 Å². The van der Waals surface area contributed by atoms with Crippen LogP contribution in [0.2, 0.25) is 0 Å². The van der Waals surface area contributed by atoms with Gasteiger partial charge in [0.15, 0.2) is 17.3 Å². The van der Waals surface area contributed by atoms with Gasteiger partial charge in [-0.25, -0.2) is 14.6 Å². The first-order valence-electron chi connectivity index (χ1n) is 11.1. The Bertz CT molecular complexity index is 1410. The van der Waals surface area contributed by atoms with Crippen molar-refractivity contribution in [2.75, 3.05) is 12.3 Å². The van der Waals surface area contributed by atoms with Crippen LogP contribution in [-0.4, -0.2) is 47.2 Å². The molecule has 182 valence electrons. The third-order valence-corrected chi connectivity index (χ3v) is 5.18. The topological polar surface area (TPSA) is 171 Å². The van der Waals surface area contributed by atoms with Gasteiger partial charge < -0.3 is 31.0 Å². The number of nitrogens with zero attached hydrogens (tertiary/aromatic N) is 5. The molecule has 0 fully saturated rings. The number of rotatable bonds is 7. The minimum absolute atomic E-state index is 0.107. The number of hydrogen-bond donors (Lipinski definition) is 4. The number of imidazole rings is 1. The highest BCUT2D eigenvalue weighted by Gasteiger charge is 2.23. The van der Waals surface area contributed by atoms with Crippen molar-refractivity contribution in [1.29, 1.82) is 0 Å². The van der Waals surface area contributed by atoms with Crippen molar-refractivity contribution in [3.63, 3.8) is 0 Å². The molecule has 11 heteroatoms. The quantitative estimate of drug-likeness (QED) is 0.290. The predicted octanol–water partition coefficient (Wildman–Crippen LogP) is 2.38. The monoisotopic (exact) mass is 477 g/mol. The molecule has 35 heavy (non-hydrogen) atoms. The molecule has 0 spiro atoms. The van der Waals surface area contributed by atoms with Gasteiger partial charge in [-0.15, -0.1) is 0 Å². The summed E-state index contributed by atoms with van der Waals surface area (Å²) in [4.78, 5) is 9.27. The molecule has 0 aliphatic carbocycles. The van der Waals surface area contributed by atoms with Crippen molar-refractivity contribution in [3.05, 3.63) is 41.6 Å². The number of aromatic nitrogens is 5. The number of nitrogens with two attached hydrogens (primary N) is 2. The summed E-state index contributed by atoms with van der Waals surface area (Å²) in [7, 11) is 0. The normalized spacial score (nSPS) is 12.4. The zero-order valence-electron chi connectivity index (χ0n) is 19.7. The number of anilines is 1. The Hall–Kier alpha value is -4.14. The first-order valence-corrected chi connectivity index (χ1v) is 11.1. The van der Waals surface area contributed by atoms with Gasteiger partial charge in [0.2, 0.25) is 5.88 Å². The van der Waals surface area contributed by atoms with E-state index in [1.165, 1.54) is 0 Å². The van der Waals surface area contributed by atoms with Gasteiger partial charge in [-0.1, -0.05) is 18.1 Å². The molecule has 0 aliphatic heterocycles. The van der Waals surface area contributed by atoms with Crippen LogP contribution in [-0.2, 0) is 6.54 Å². The van der Waals surface area contributed by atoms with E-state index >= 15 is 0 Å². The van der Waals surface area contributed by atoms with E-state index in [4.69, 9.17) is 20.8 Å². The number of pyridine rings is 1. The second-order valence-corrected chi connectivity index (χ2v) is 8.44. The van der Waals surface area contributed by atoms with Crippen molar-refractivity contribution < 1.29 is 19.6 Å². The number of aliphatic hydroxyl groups is 1. The van der Waals surface area contributed by atoms with Crippen LogP contribution < -0.4 is 16.2 Å². The molecule has 0 saturated heterocycles. The molecule has 3 aromatic heterocycles. The highest BCUT2D eigenvalue weighted by molar-refractivity contribution is 5.86. The summed E-state index contributed by atoms with van der Waals surface area (Å²) in [5.41, 5.74) is 13.0. The molecule has 3 heterocycles. The van der Waals surface area contributed by atoms with E-state index in [-0.39, 0.29) is 17.4 Å². The SMILES string of the molecule is CCn1c(-c2nonc2N)nc2c(C#CC(C)(C)O)nc(OC(CCN)c3cccc(O)c3)cc21. The van der Waals surface area contributed by atoms with Crippen LogP contribution in [0.3, 0.4) is 0 Å². The Morgan fingerprint density at radius 1 is 1.23 bits per heavy atom. The van der Waals surface area contributed by atoms with E-state index in [9.17, 15) is 10.2 Å². The molecular weight excluding hydrogens is 450 g/mol. The number of benzene rings is 1. The Morgan fingerprint density at radius 3 is 2.66 bits per heavy atom. The molecule has 11 nitrogen and oxygen atoms in total. The fraction of sp³-hybridized carbons (Fsp3) is 0.333. The van der Waals surface area contributed by atoms with Gasteiger partial charge >= 0.3 is 0 Å². The summed E-state index contributed by atoms with van der Waals surface area (Å²) >= 11 is 0. The number of hydrogen-bond acceptors (Lipinski definition) is 10. The largest absolute Gasteiger partial charge is 0.508 e. The number of fused-ring (bicyclic) bond motifs is 1. The van der Waals surface area contributed by atoms with Crippen LogP contribution in [0.4, 0.5) is 5.82 Å². The lowest BCUT2D eigenvalue weighted by Gasteiger charge is -2.19. The molecule has 0 aliphatic rings. The Kier molecular flexibility index (Phi) is 6.59. The molecule has 1 aromatic carbocycles. The molecule has 0 bridgehead atoms. The highest BCUT2D eigenvalue weighted by Crippen LogP contribution is 2.32. The zero-order valence-corrected chi connectivity index (χ0v) is 19.7. The maximum atomic E-state index is 10.2. The molecule has 1 unspecified atom stereocenters. The van der Waals surface area contributed by atoms with Gasteiger partial charge in [0, 0.05) is 19.0 Å². The summed E-state index contributed by atoms with van der Waals surface area (Å²) in [5, 5.41) is 27.6. The lowest BCUT2D eigenvalue weighted by atomic mass is 10.1. The minimum atomic E-state index is -1.24. The second kappa shape index (κ2) is 9.61. The Labute approximate surface area is 201 Å². The van der Waals surface area contributed by atoms with Crippen molar-refractivity contribution in [2.45, 2.75) is 45.4 Å². The minimum Gasteiger partial charge on any atom is -0.508 e. The molecular formula is C24H27N7O4. The van der Waals surface area contributed by atoms with Gasteiger partial charge in [0.05, 0.1) is 5.52 Å². The van der Waals surface area contributed by atoms with Crippen LogP contribution in [0.15, 0.2) is 35.0 Å². The molecule has 0 amide bonds. The van der Waals surface area contributed by atoms with E-state index in [1.807, 2.05) is 17.6 Å². The van der Waals surface area contributed by atoms with Crippen molar-refractivity contribution in [1.82, 2.24) is 24.8 Å². The molecule has 4 aromatic rings. The number of phenolic OH excluding ortho intramolecular Hbond substituents is 1. The van der Waals surface area contributed by atoms with Crippen LogP contribution in [0, 0.1) is 11.8 Å². The lowest BCUT2D eigenvalue weighted by Crippen LogP contribution is -2.15. The first kappa shape index (κ1) is 24.0. The standard InChI is InChI=1S/C24H27N7O4/c1-4-31-17-13-19(34-18(9-11-25)14-6-5-7-15(32)12-14)27-16(8-10-24(2,3)33)20(17)28-23(31)21-22(26)30-35-29-21/h5-7,12-13,18,32-33H,4,9,11,25H2,1-3H3,(H2,26,30). The second-order valence-electron chi connectivity index (χ2n) is 8.44. The zero-order chi connectivity index (χ0) is 25.2. The van der Waals surface area contributed by atoms with Gasteiger partial charge in [0.1, 0.15) is 28.7 Å². The van der Waals surface area contributed by atoms with E-state index in [0.29, 0.717) is 47.8 Å². The number of ether oxygens (including phenoxy) is 1. The van der Waals surface area contributed by atoms with Crippen LogP contribution in [0.25, 0.3) is 22.6 Å². The highest BCUT2D eigenvalue weighted by atomic mass is 16.6. The van der Waals surface area contributed by atoms with Gasteiger partial charge in [0.25, 0.3) is 0 Å². The Balaban J connectivity index is 1.89. The third kappa shape index (κ3) is 5.18. The predicted molar refractivity (Wildman–Crippen MR) is 129 cm³/mol. The maximum Gasteiger partial charge on any atom is 0.217 e. The van der Waals surface area contributed by atoms with Crippen molar-refractivity contribution in [2.24, 2.45) is 5.73 Å². The van der Waals surface area contributed by atoms with E-state index in [1.54, 1.807) is 38.1 Å². The fourth-order valence-corrected chi connectivity index (χ4v) is 3.63. The maximum absolute atomic E-state index is 10.2. The number of aromatic hydroxyl groups is 1. The van der Waals surface area contributed by atoms with Crippen LogP contribution >= 0.6 is 0 Å². The molecule has 6 N–H and O–H groups in total. The summed E-state index contributed by atoms with van der Waals surface area (Å²) in [6.07, 6.45) is 0.0350. The number of nitrogen functional groups attached to an aromatic ring is 1. The Morgan fingerprint density at radius 2 is 2.03 bits per heavy atom. The van der Waals surface area contributed by atoms with Crippen molar-refractivity contribution in [3.8, 4) is 35.0 Å². The average molecular weight is 478 g/mol. The number of aryl methyl sites for hydroxylation is 1. The van der Waals surface area contributed by atoms with Crippen LogP contribution in [0.5, 0.6) is 11.6 Å². The summed E-state index contributed by atoms with van der Waals surface area (Å²) < 4.78 is 12.9. The lowest BCUT2D eigenvalue weighted by molar-refractivity contribution is 0.143. The smallest absolute Gasteiger partial charge is 0.217 e. The summed E-state index contributed by atoms with van der Waals surface area (Å²) in [6, 6.07) is 8.55. The average Bonchev–Trinajstić information content (AvgIpc) is 3.39. The van der Waals surface area contributed by atoms with Gasteiger partial charge in [-0.05, 0) is 61.2 Å². The first-order chi connectivity index (χ1) is 16.7. The van der Waals surface area contributed by atoms with Gasteiger partial charge in [-0.3, -0.25) is 0 Å². The molecule has 1 atom stereocenters. The van der Waals surface area contributed by atoms with Crippen molar-refractivity contribution >= 4 is 16.9 Å². The third-order valence-electron chi connectivity index (χ3n) is 5.18.